The molecule has 0 unspecified atom stereocenters. The summed E-state index contributed by atoms with van der Waals surface area (Å²) in [6.07, 6.45) is 9.13. The predicted octanol–water partition coefficient (Wildman–Crippen LogP) is 3.25. The van der Waals surface area contributed by atoms with Crippen LogP contribution in [0.5, 0.6) is 0 Å². The molecule has 5 nitrogen and oxygen atoms in total. The van der Waals surface area contributed by atoms with Crippen LogP contribution in [0.2, 0.25) is 0 Å². The van der Waals surface area contributed by atoms with Gasteiger partial charge >= 0.3 is 0 Å². The maximum absolute atomic E-state index is 12.5. The number of amides is 1. The third kappa shape index (κ3) is 3.38. The maximum atomic E-state index is 12.5. The van der Waals surface area contributed by atoms with Gasteiger partial charge in [0.05, 0.1) is 0 Å². The summed E-state index contributed by atoms with van der Waals surface area (Å²) in [6.45, 7) is 7.08. The van der Waals surface area contributed by atoms with Crippen LogP contribution in [0.4, 0.5) is 5.95 Å². The molecular weight excluding hydrogens is 312 g/mol. The van der Waals surface area contributed by atoms with Crippen molar-refractivity contribution in [1.82, 2.24) is 14.9 Å². The van der Waals surface area contributed by atoms with Gasteiger partial charge in [-0.05, 0) is 57.4 Å². The number of hydrogen-bond acceptors (Lipinski definition) is 4. The van der Waals surface area contributed by atoms with Crippen molar-refractivity contribution in [3.8, 4) is 0 Å². The molecule has 136 valence electrons. The summed E-state index contributed by atoms with van der Waals surface area (Å²) in [5, 5.41) is 0. The van der Waals surface area contributed by atoms with E-state index in [2.05, 4.69) is 19.8 Å². The third-order valence-electron chi connectivity index (χ3n) is 6.54. The zero-order chi connectivity index (χ0) is 17.4. The Hall–Kier alpha value is -1.65. The topological polar surface area (TPSA) is 49.3 Å². The molecule has 0 atom stereocenters. The largest absolute Gasteiger partial charge is 0.341 e. The second-order valence-corrected chi connectivity index (χ2v) is 8.40. The number of aryl methyl sites for hydroxylation is 2. The Bertz CT molecular complexity index is 625. The van der Waals surface area contributed by atoms with Crippen LogP contribution >= 0.6 is 0 Å². The molecule has 2 aliphatic heterocycles. The number of piperidine rings is 2. The molecule has 0 N–H and O–H groups in total. The molecule has 3 heterocycles. The Labute approximate surface area is 150 Å². The number of rotatable bonds is 2. The summed E-state index contributed by atoms with van der Waals surface area (Å²) < 4.78 is 0. The Balaban J connectivity index is 1.44. The van der Waals surface area contributed by atoms with E-state index in [1.807, 2.05) is 19.9 Å². The van der Waals surface area contributed by atoms with Crippen molar-refractivity contribution in [3.05, 3.63) is 17.5 Å². The zero-order valence-corrected chi connectivity index (χ0v) is 15.6. The molecule has 5 heteroatoms. The molecule has 1 aromatic rings. The summed E-state index contributed by atoms with van der Waals surface area (Å²) in [5.74, 6) is 1.28. The molecule has 2 saturated heterocycles. The van der Waals surface area contributed by atoms with Gasteiger partial charge in [-0.3, -0.25) is 4.79 Å². The number of hydrogen-bond donors (Lipinski definition) is 0. The molecule has 1 saturated carbocycles. The Kier molecular flexibility index (Phi) is 4.42. The fraction of sp³-hybridized carbons (Fsp3) is 0.750. The molecule has 3 aliphatic rings. The van der Waals surface area contributed by atoms with Crippen LogP contribution in [0, 0.1) is 19.3 Å². The lowest BCUT2D eigenvalue weighted by atomic mass is 9.72. The first-order valence-corrected chi connectivity index (χ1v) is 9.91. The van der Waals surface area contributed by atoms with E-state index < -0.39 is 0 Å². The molecule has 1 amide bonds. The molecule has 0 bridgehead atoms. The van der Waals surface area contributed by atoms with Gasteiger partial charge < -0.3 is 9.80 Å². The molecule has 0 aromatic carbocycles. The van der Waals surface area contributed by atoms with Crippen LogP contribution in [-0.2, 0) is 4.79 Å². The van der Waals surface area contributed by atoms with E-state index in [1.165, 1.54) is 25.7 Å². The van der Waals surface area contributed by atoms with E-state index in [1.54, 1.807) is 0 Å². The lowest BCUT2D eigenvalue weighted by molar-refractivity contribution is -0.141. The molecule has 1 aromatic heterocycles. The fourth-order valence-electron chi connectivity index (χ4n) is 5.03. The number of carbonyl (C=O) groups is 1. The highest BCUT2D eigenvalue weighted by Gasteiger charge is 2.43. The third-order valence-corrected chi connectivity index (χ3v) is 6.54. The highest BCUT2D eigenvalue weighted by atomic mass is 16.2. The lowest BCUT2D eigenvalue weighted by Crippen LogP contribution is -2.54. The minimum absolute atomic E-state index is 0.325. The summed E-state index contributed by atoms with van der Waals surface area (Å²) >= 11 is 0. The Morgan fingerprint density at radius 3 is 2.32 bits per heavy atom. The van der Waals surface area contributed by atoms with Gasteiger partial charge in [-0.25, -0.2) is 9.97 Å². The van der Waals surface area contributed by atoms with E-state index in [0.717, 1.165) is 62.7 Å². The first kappa shape index (κ1) is 16.8. The van der Waals surface area contributed by atoms with Gasteiger partial charge in [0.2, 0.25) is 11.9 Å². The van der Waals surface area contributed by atoms with Crippen molar-refractivity contribution in [3.63, 3.8) is 0 Å². The van der Waals surface area contributed by atoms with Crippen LogP contribution in [0.25, 0.3) is 0 Å². The van der Waals surface area contributed by atoms with Crippen molar-refractivity contribution in [1.29, 1.82) is 0 Å². The Morgan fingerprint density at radius 2 is 1.68 bits per heavy atom. The average Bonchev–Trinajstić information content (AvgIpc) is 3.11. The van der Waals surface area contributed by atoms with Gasteiger partial charge in [-0.2, -0.15) is 0 Å². The van der Waals surface area contributed by atoms with Crippen molar-refractivity contribution < 1.29 is 4.79 Å². The summed E-state index contributed by atoms with van der Waals surface area (Å²) in [6, 6.07) is 2.55. The lowest BCUT2D eigenvalue weighted by Gasteiger charge is -2.49. The minimum Gasteiger partial charge on any atom is -0.341 e. The molecule has 3 fully saturated rings. The first-order valence-electron chi connectivity index (χ1n) is 9.91. The summed E-state index contributed by atoms with van der Waals surface area (Å²) in [5.41, 5.74) is 2.41. The fourth-order valence-corrected chi connectivity index (χ4v) is 5.03. The van der Waals surface area contributed by atoms with Crippen LogP contribution in [-0.4, -0.2) is 46.5 Å². The van der Waals surface area contributed by atoms with E-state index >= 15 is 0 Å². The smallest absolute Gasteiger partial charge is 0.225 e. The monoisotopic (exact) mass is 342 g/mol. The average molecular weight is 342 g/mol. The van der Waals surface area contributed by atoms with Crippen LogP contribution in [0.3, 0.4) is 0 Å². The van der Waals surface area contributed by atoms with Crippen molar-refractivity contribution in [2.24, 2.45) is 5.41 Å². The number of likely N-dealkylation sites (tertiary alicyclic amines) is 1. The van der Waals surface area contributed by atoms with Crippen molar-refractivity contribution >= 4 is 11.9 Å². The molecule has 1 aliphatic carbocycles. The summed E-state index contributed by atoms with van der Waals surface area (Å²) in [7, 11) is 0. The molecule has 1 spiro atoms. The van der Waals surface area contributed by atoms with Gasteiger partial charge in [-0.15, -0.1) is 0 Å². The number of aromatic nitrogens is 2. The minimum atomic E-state index is 0.325. The van der Waals surface area contributed by atoms with Gasteiger partial charge in [0.1, 0.15) is 0 Å². The SMILES string of the molecule is Cc1cc(C)nc(N2CCC3(CCC(=O)N(C4CCCC4)C3)CC2)n1. The normalized spacial score (nSPS) is 24.3. The van der Waals surface area contributed by atoms with E-state index in [0.29, 0.717) is 17.4 Å². The zero-order valence-electron chi connectivity index (χ0n) is 15.6. The van der Waals surface area contributed by atoms with E-state index in [-0.39, 0.29) is 0 Å². The molecule has 25 heavy (non-hydrogen) atoms. The number of anilines is 1. The molecule has 0 radical (unpaired) electrons. The highest BCUT2D eigenvalue weighted by molar-refractivity contribution is 5.77. The summed E-state index contributed by atoms with van der Waals surface area (Å²) in [4.78, 5) is 26.3. The number of carbonyl (C=O) groups excluding carboxylic acids is 1. The van der Waals surface area contributed by atoms with Gasteiger partial charge in [0, 0.05) is 43.5 Å². The predicted molar refractivity (Wildman–Crippen MR) is 98.6 cm³/mol. The number of nitrogens with zero attached hydrogens (tertiary/aromatic N) is 4. The van der Waals surface area contributed by atoms with E-state index in [4.69, 9.17) is 0 Å². The Morgan fingerprint density at radius 1 is 1.04 bits per heavy atom. The van der Waals surface area contributed by atoms with Crippen molar-refractivity contribution in [2.45, 2.75) is 71.3 Å². The van der Waals surface area contributed by atoms with Crippen molar-refractivity contribution in [2.75, 3.05) is 24.5 Å². The molecule has 4 rings (SSSR count). The highest BCUT2D eigenvalue weighted by Crippen LogP contribution is 2.42. The van der Waals surface area contributed by atoms with Crippen LogP contribution in [0.1, 0.15) is 62.8 Å². The standard InChI is InChI=1S/C20H30N4O/c1-15-13-16(2)22-19(21-15)23-11-9-20(10-12-23)8-7-18(25)24(14-20)17-5-3-4-6-17/h13,17H,3-12,14H2,1-2H3. The van der Waals surface area contributed by atoms with Crippen LogP contribution < -0.4 is 4.90 Å². The molecular formula is C20H30N4O. The van der Waals surface area contributed by atoms with Gasteiger partial charge in [0.15, 0.2) is 0 Å². The van der Waals surface area contributed by atoms with Crippen LogP contribution in [0.15, 0.2) is 6.07 Å². The van der Waals surface area contributed by atoms with Gasteiger partial charge in [0.25, 0.3) is 0 Å². The second kappa shape index (κ2) is 6.58. The van der Waals surface area contributed by atoms with E-state index in [9.17, 15) is 4.79 Å². The maximum Gasteiger partial charge on any atom is 0.225 e. The quantitative estimate of drug-likeness (QED) is 0.828. The van der Waals surface area contributed by atoms with Gasteiger partial charge in [-0.1, -0.05) is 12.8 Å². The first-order chi connectivity index (χ1) is 12.0. The second-order valence-electron chi connectivity index (χ2n) is 8.40.